The highest BCUT2D eigenvalue weighted by Gasteiger charge is 2.28. The van der Waals surface area contributed by atoms with Crippen LogP contribution < -0.4 is 4.72 Å². The molecule has 0 heterocycles. The molecule has 0 aliphatic heterocycles. The van der Waals surface area contributed by atoms with Crippen molar-refractivity contribution in [2.75, 3.05) is 13.1 Å². The molecule has 3 aromatic rings. The summed E-state index contributed by atoms with van der Waals surface area (Å²) in [6.07, 6.45) is 0. The molecule has 1 atom stereocenters. The number of rotatable bonds is 10. The molecule has 0 radical (unpaired) electrons. The average molecular weight is 493 g/mol. The second-order valence-corrected chi connectivity index (χ2v) is 10.6. The van der Waals surface area contributed by atoms with Gasteiger partial charge in [0.2, 0.25) is 10.0 Å². The first kappa shape index (κ1) is 26.3. The maximum absolute atomic E-state index is 13.6. The van der Waals surface area contributed by atoms with Crippen LogP contribution in [0.2, 0.25) is 0 Å². The summed E-state index contributed by atoms with van der Waals surface area (Å²) in [6.45, 7) is 8.09. The van der Waals surface area contributed by atoms with Crippen LogP contribution in [0.1, 0.15) is 52.6 Å². The van der Waals surface area contributed by atoms with E-state index in [1.165, 1.54) is 0 Å². The molecule has 0 saturated carbocycles. The van der Waals surface area contributed by atoms with Crippen molar-refractivity contribution in [3.05, 3.63) is 101 Å². The van der Waals surface area contributed by atoms with Crippen molar-refractivity contribution in [2.45, 2.75) is 38.6 Å². The average Bonchev–Trinajstić information content (AvgIpc) is 2.86. The fraction of sp³-hybridized carbons (Fsp3) is 0.286. The monoisotopic (exact) mass is 492 g/mol. The highest BCUT2D eigenvalue weighted by atomic mass is 32.2. The number of sulfonamides is 1. The van der Waals surface area contributed by atoms with Crippen LogP contribution in [-0.2, 0) is 10.0 Å². The molecule has 1 amide bonds. The molecule has 0 spiro atoms. The van der Waals surface area contributed by atoms with Crippen LogP contribution in [-0.4, -0.2) is 44.1 Å². The molecular formula is C28H32N2O4S. The molecule has 0 aromatic heterocycles. The van der Waals surface area contributed by atoms with Crippen molar-refractivity contribution in [2.24, 2.45) is 5.92 Å². The molecule has 6 nitrogen and oxygen atoms in total. The van der Waals surface area contributed by atoms with Crippen LogP contribution in [0.25, 0.3) is 0 Å². The molecule has 0 fully saturated rings. The number of likely N-dealkylation sites (N-methyl/N-ethyl adjacent to an activating group) is 1. The van der Waals surface area contributed by atoms with Crippen LogP contribution in [0, 0.1) is 12.8 Å². The van der Waals surface area contributed by atoms with Crippen LogP contribution in [0.3, 0.4) is 0 Å². The zero-order valence-corrected chi connectivity index (χ0v) is 21.4. The van der Waals surface area contributed by atoms with Gasteiger partial charge < -0.3 is 4.90 Å². The Morgan fingerprint density at radius 2 is 1.43 bits per heavy atom. The summed E-state index contributed by atoms with van der Waals surface area (Å²) in [5.41, 5.74) is 2.09. The minimum atomic E-state index is -3.77. The number of carbonyl (C=O) groups excluding carboxylic acids is 2. The van der Waals surface area contributed by atoms with E-state index in [0.29, 0.717) is 23.2 Å². The fourth-order valence-electron chi connectivity index (χ4n) is 3.74. The smallest absolute Gasteiger partial charge is 0.254 e. The van der Waals surface area contributed by atoms with Crippen molar-refractivity contribution >= 4 is 21.7 Å². The lowest BCUT2D eigenvalue weighted by Crippen LogP contribution is -2.48. The van der Waals surface area contributed by atoms with Gasteiger partial charge in [-0.1, -0.05) is 80.1 Å². The molecule has 0 aliphatic carbocycles. The van der Waals surface area contributed by atoms with E-state index in [0.717, 1.165) is 5.56 Å². The number of carbonyl (C=O) groups is 2. The van der Waals surface area contributed by atoms with Crippen molar-refractivity contribution < 1.29 is 18.0 Å². The second kappa shape index (κ2) is 11.4. The third kappa shape index (κ3) is 6.44. The standard InChI is InChI=1S/C28H32N2O4S/c1-5-30(19-26(20(2)3)29-35(33,34)23-17-15-21(4)16-18-23)28(32)25-14-10-9-13-24(25)27(31)22-11-7-6-8-12-22/h6-18,20,26,29H,5,19H2,1-4H3. The first-order valence-electron chi connectivity index (χ1n) is 11.7. The summed E-state index contributed by atoms with van der Waals surface area (Å²) in [5.74, 6) is -0.614. The fourth-order valence-corrected chi connectivity index (χ4v) is 5.12. The van der Waals surface area contributed by atoms with Gasteiger partial charge in [0.15, 0.2) is 5.78 Å². The molecule has 7 heteroatoms. The number of aryl methyl sites for hydroxylation is 1. The molecule has 35 heavy (non-hydrogen) atoms. The number of benzene rings is 3. The third-order valence-corrected chi connectivity index (χ3v) is 7.47. The van der Waals surface area contributed by atoms with Crippen molar-refractivity contribution in [1.82, 2.24) is 9.62 Å². The van der Waals surface area contributed by atoms with Crippen LogP contribution in [0.5, 0.6) is 0 Å². The summed E-state index contributed by atoms with van der Waals surface area (Å²) >= 11 is 0. The van der Waals surface area contributed by atoms with Crippen molar-refractivity contribution in [3.63, 3.8) is 0 Å². The molecule has 0 bridgehead atoms. The lowest BCUT2D eigenvalue weighted by atomic mass is 9.97. The summed E-state index contributed by atoms with van der Waals surface area (Å²) in [4.78, 5) is 28.4. The normalized spacial score (nSPS) is 12.4. The van der Waals surface area contributed by atoms with Crippen LogP contribution in [0.4, 0.5) is 0 Å². The van der Waals surface area contributed by atoms with E-state index >= 15 is 0 Å². The molecule has 3 rings (SSSR count). The first-order chi connectivity index (χ1) is 16.6. The highest BCUT2D eigenvalue weighted by Crippen LogP contribution is 2.19. The van der Waals surface area contributed by atoms with Gasteiger partial charge in [-0.3, -0.25) is 9.59 Å². The molecule has 184 valence electrons. The Labute approximate surface area is 208 Å². The molecular weight excluding hydrogens is 460 g/mol. The summed E-state index contributed by atoms with van der Waals surface area (Å²) in [7, 11) is -3.77. The Morgan fingerprint density at radius 3 is 2.00 bits per heavy atom. The molecule has 1 unspecified atom stereocenters. The largest absolute Gasteiger partial charge is 0.337 e. The van der Waals surface area contributed by atoms with Gasteiger partial charge in [0.25, 0.3) is 5.91 Å². The van der Waals surface area contributed by atoms with E-state index in [1.54, 1.807) is 77.7 Å². The third-order valence-electron chi connectivity index (χ3n) is 5.97. The van der Waals surface area contributed by atoms with Crippen molar-refractivity contribution in [3.8, 4) is 0 Å². The van der Waals surface area contributed by atoms with E-state index in [-0.39, 0.29) is 29.0 Å². The van der Waals surface area contributed by atoms with Gasteiger partial charge in [0.05, 0.1) is 10.5 Å². The Kier molecular flexibility index (Phi) is 8.59. The number of nitrogens with one attached hydrogen (secondary N) is 1. The molecule has 0 saturated heterocycles. The Balaban J connectivity index is 1.86. The zero-order valence-electron chi connectivity index (χ0n) is 20.6. The van der Waals surface area contributed by atoms with E-state index in [9.17, 15) is 18.0 Å². The number of ketones is 1. The van der Waals surface area contributed by atoms with E-state index < -0.39 is 16.1 Å². The van der Waals surface area contributed by atoms with Crippen LogP contribution >= 0.6 is 0 Å². The van der Waals surface area contributed by atoms with Gasteiger partial charge in [0, 0.05) is 30.3 Å². The van der Waals surface area contributed by atoms with E-state index in [1.807, 2.05) is 33.8 Å². The Morgan fingerprint density at radius 1 is 0.857 bits per heavy atom. The molecule has 3 aromatic carbocycles. The molecule has 0 aliphatic rings. The summed E-state index contributed by atoms with van der Waals surface area (Å²) in [5, 5.41) is 0. The number of nitrogens with zero attached hydrogens (tertiary/aromatic N) is 1. The predicted molar refractivity (Wildman–Crippen MR) is 138 cm³/mol. The van der Waals surface area contributed by atoms with Gasteiger partial charge in [0.1, 0.15) is 0 Å². The van der Waals surface area contributed by atoms with Crippen molar-refractivity contribution in [1.29, 1.82) is 0 Å². The van der Waals surface area contributed by atoms with Gasteiger partial charge in [-0.2, -0.15) is 0 Å². The quantitative estimate of drug-likeness (QED) is 0.416. The summed E-state index contributed by atoms with van der Waals surface area (Å²) < 4.78 is 28.8. The Hall–Kier alpha value is -3.29. The lowest BCUT2D eigenvalue weighted by molar-refractivity contribution is 0.0738. The molecule has 1 N–H and O–H groups in total. The lowest BCUT2D eigenvalue weighted by Gasteiger charge is -2.30. The maximum Gasteiger partial charge on any atom is 0.254 e. The van der Waals surface area contributed by atoms with E-state index in [4.69, 9.17) is 0 Å². The van der Waals surface area contributed by atoms with Crippen LogP contribution in [0.15, 0.2) is 83.8 Å². The van der Waals surface area contributed by atoms with Gasteiger partial charge >= 0.3 is 0 Å². The minimum absolute atomic E-state index is 0.0710. The highest BCUT2D eigenvalue weighted by molar-refractivity contribution is 7.89. The maximum atomic E-state index is 13.6. The number of amides is 1. The zero-order chi connectivity index (χ0) is 25.6. The summed E-state index contributed by atoms with van der Waals surface area (Å²) in [6, 6.07) is 21.7. The SMILES string of the molecule is CCN(CC(NS(=O)(=O)c1ccc(C)cc1)C(C)C)C(=O)c1ccccc1C(=O)c1ccccc1. The first-order valence-corrected chi connectivity index (χ1v) is 13.2. The number of hydrogen-bond donors (Lipinski definition) is 1. The Bertz CT molecular complexity index is 1270. The predicted octanol–water partition coefficient (Wildman–Crippen LogP) is 4.69. The van der Waals surface area contributed by atoms with Gasteiger partial charge in [-0.15, -0.1) is 0 Å². The van der Waals surface area contributed by atoms with E-state index in [2.05, 4.69) is 4.72 Å². The second-order valence-electron chi connectivity index (χ2n) is 8.87. The van der Waals surface area contributed by atoms with Gasteiger partial charge in [-0.05, 0) is 38.0 Å². The number of hydrogen-bond acceptors (Lipinski definition) is 4. The van der Waals surface area contributed by atoms with Gasteiger partial charge in [-0.25, -0.2) is 13.1 Å². The minimum Gasteiger partial charge on any atom is -0.337 e. The topological polar surface area (TPSA) is 83.6 Å².